The van der Waals surface area contributed by atoms with Crippen LogP contribution in [-0.2, 0) is 0 Å². The summed E-state index contributed by atoms with van der Waals surface area (Å²) in [6, 6.07) is 22.2. The van der Waals surface area contributed by atoms with Gasteiger partial charge in [-0.2, -0.15) is 0 Å². The lowest BCUT2D eigenvalue weighted by Crippen LogP contribution is -2.13. The molecule has 0 bridgehead atoms. The van der Waals surface area contributed by atoms with E-state index in [4.69, 9.17) is 9.47 Å². The molecular weight excluding hydrogens is 448 g/mol. The first-order chi connectivity index (χ1) is 17.7. The van der Waals surface area contributed by atoms with Gasteiger partial charge in [0.2, 0.25) is 0 Å². The molecular formula is C32H34O4. The van der Waals surface area contributed by atoms with Crippen molar-refractivity contribution in [2.45, 2.75) is 76.0 Å². The molecule has 4 heteroatoms. The van der Waals surface area contributed by atoms with Crippen LogP contribution in [0.15, 0.2) is 72.8 Å². The fraction of sp³-hybridized carbons (Fsp3) is 0.375. The normalized spacial score (nSPS) is 16.9. The summed E-state index contributed by atoms with van der Waals surface area (Å²) < 4.78 is 11.2. The Labute approximate surface area is 213 Å². The highest BCUT2D eigenvalue weighted by Gasteiger charge is 2.18. The van der Waals surface area contributed by atoms with Gasteiger partial charge in [-0.15, -0.1) is 0 Å². The summed E-state index contributed by atoms with van der Waals surface area (Å²) in [5.74, 6) is 1.24. The van der Waals surface area contributed by atoms with Crippen molar-refractivity contribution in [3.05, 3.63) is 95.1 Å². The molecule has 0 spiro atoms. The van der Waals surface area contributed by atoms with Crippen molar-refractivity contribution in [1.29, 1.82) is 0 Å². The minimum absolute atomic E-state index is 0.313. The van der Waals surface area contributed by atoms with E-state index < -0.39 is 11.9 Å². The molecule has 2 saturated carbocycles. The zero-order valence-corrected chi connectivity index (χ0v) is 20.8. The lowest BCUT2D eigenvalue weighted by Gasteiger charge is -2.22. The highest BCUT2D eigenvalue weighted by atomic mass is 16.5. The smallest absolute Gasteiger partial charge is 0.343 e. The van der Waals surface area contributed by atoms with Crippen LogP contribution in [0, 0.1) is 0 Å². The van der Waals surface area contributed by atoms with Gasteiger partial charge in [0.25, 0.3) is 0 Å². The second-order valence-corrected chi connectivity index (χ2v) is 10.2. The lowest BCUT2D eigenvalue weighted by molar-refractivity contribution is 0.0734. The van der Waals surface area contributed by atoms with Gasteiger partial charge in [0, 0.05) is 0 Å². The van der Waals surface area contributed by atoms with Crippen LogP contribution in [0.5, 0.6) is 11.5 Å². The van der Waals surface area contributed by atoms with Crippen LogP contribution in [0.4, 0.5) is 0 Å². The van der Waals surface area contributed by atoms with Gasteiger partial charge < -0.3 is 9.47 Å². The van der Waals surface area contributed by atoms with Crippen molar-refractivity contribution in [2.75, 3.05) is 0 Å². The Kier molecular flexibility index (Phi) is 7.80. The molecule has 0 amide bonds. The molecule has 0 aromatic heterocycles. The topological polar surface area (TPSA) is 52.6 Å². The summed E-state index contributed by atoms with van der Waals surface area (Å²) in [4.78, 5) is 25.5. The number of rotatable bonds is 6. The van der Waals surface area contributed by atoms with Gasteiger partial charge in [0.1, 0.15) is 11.5 Å². The number of hydrogen-bond donors (Lipinski definition) is 0. The van der Waals surface area contributed by atoms with Gasteiger partial charge >= 0.3 is 11.9 Å². The third-order valence-corrected chi connectivity index (χ3v) is 7.67. The second-order valence-electron chi connectivity index (χ2n) is 10.2. The largest absolute Gasteiger partial charge is 0.423 e. The predicted molar refractivity (Wildman–Crippen MR) is 141 cm³/mol. The van der Waals surface area contributed by atoms with Crippen LogP contribution in [0.25, 0.3) is 0 Å². The number of carbonyl (C=O) groups excluding carboxylic acids is 2. The van der Waals surface area contributed by atoms with Crippen molar-refractivity contribution in [3.8, 4) is 11.5 Å². The fourth-order valence-electron chi connectivity index (χ4n) is 5.59. The monoisotopic (exact) mass is 482 g/mol. The van der Waals surface area contributed by atoms with E-state index in [2.05, 4.69) is 24.3 Å². The summed E-state index contributed by atoms with van der Waals surface area (Å²) in [5, 5.41) is 0. The van der Waals surface area contributed by atoms with Gasteiger partial charge in [-0.3, -0.25) is 0 Å². The standard InChI is InChI=1S/C32H34O4/c33-31(35-29-18-14-25(15-19-29)23-8-3-1-4-9-23)27-12-7-13-28(22-27)32(34)36-30-20-16-26(17-21-30)24-10-5-2-6-11-24/h7,12-24H,1-6,8-11H2. The summed E-state index contributed by atoms with van der Waals surface area (Å²) in [7, 11) is 0. The summed E-state index contributed by atoms with van der Waals surface area (Å²) in [6.07, 6.45) is 12.7. The first kappa shape index (κ1) is 24.3. The Bertz CT molecular complexity index is 1080. The van der Waals surface area contributed by atoms with Crippen molar-refractivity contribution in [1.82, 2.24) is 0 Å². The molecule has 0 aliphatic heterocycles. The van der Waals surface area contributed by atoms with Crippen LogP contribution in [-0.4, -0.2) is 11.9 Å². The maximum absolute atomic E-state index is 12.7. The molecule has 2 aliphatic carbocycles. The predicted octanol–water partition coefficient (Wildman–Crippen LogP) is 8.22. The maximum atomic E-state index is 12.7. The van der Waals surface area contributed by atoms with E-state index in [1.165, 1.54) is 81.4 Å². The summed E-state index contributed by atoms with van der Waals surface area (Å²) >= 11 is 0. The number of carbonyl (C=O) groups is 2. The maximum Gasteiger partial charge on any atom is 0.343 e. The number of esters is 2. The first-order valence-corrected chi connectivity index (χ1v) is 13.4. The summed E-state index contributed by atoms with van der Waals surface area (Å²) in [6.45, 7) is 0. The van der Waals surface area contributed by atoms with E-state index in [9.17, 15) is 9.59 Å². The molecule has 5 rings (SSSR count). The average molecular weight is 483 g/mol. The van der Waals surface area contributed by atoms with Crippen LogP contribution < -0.4 is 9.47 Å². The molecule has 2 aliphatic rings. The molecule has 4 nitrogen and oxygen atoms in total. The molecule has 0 unspecified atom stereocenters. The minimum Gasteiger partial charge on any atom is -0.423 e. The van der Waals surface area contributed by atoms with Crippen molar-refractivity contribution < 1.29 is 19.1 Å². The molecule has 3 aromatic carbocycles. The van der Waals surface area contributed by atoms with Gasteiger partial charge in [-0.25, -0.2) is 9.59 Å². The van der Waals surface area contributed by atoms with Crippen molar-refractivity contribution >= 4 is 11.9 Å². The van der Waals surface area contributed by atoms with E-state index in [1.54, 1.807) is 18.2 Å². The van der Waals surface area contributed by atoms with Gasteiger partial charge in [0.15, 0.2) is 0 Å². The van der Waals surface area contributed by atoms with Gasteiger partial charge in [0.05, 0.1) is 11.1 Å². The zero-order chi connectivity index (χ0) is 24.7. The molecule has 0 heterocycles. The Morgan fingerprint density at radius 3 is 1.31 bits per heavy atom. The van der Waals surface area contributed by atoms with Crippen LogP contribution in [0.1, 0.15) is 108 Å². The van der Waals surface area contributed by atoms with E-state index in [-0.39, 0.29) is 0 Å². The Hall–Kier alpha value is -3.40. The van der Waals surface area contributed by atoms with Crippen LogP contribution >= 0.6 is 0 Å². The van der Waals surface area contributed by atoms with Crippen molar-refractivity contribution in [3.63, 3.8) is 0 Å². The first-order valence-electron chi connectivity index (χ1n) is 13.4. The highest BCUT2D eigenvalue weighted by Crippen LogP contribution is 2.34. The molecule has 36 heavy (non-hydrogen) atoms. The average Bonchev–Trinajstić information content (AvgIpc) is 2.95. The molecule has 0 saturated heterocycles. The van der Waals surface area contributed by atoms with Gasteiger partial charge in [-0.05, 0) is 91.1 Å². The molecule has 0 atom stereocenters. The molecule has 2 fully saturated rings. The number of ether oxygens (including phenoxy) is 2. The second kappa shape index (κ2) is 11.6. The third-order valence-electron chi connectivity index (χ3n) is 7.67. The summed E-state index contributed by atoms with van der Waals surface area (Å²) in [5.41, 5.74) is 3.25. The Balaban J connectivity index is 1.19. The molecule has 3 aromatic rings. The highest BCUT2D eigenvalue weighted by molar-refractivity contribution is 5.96. The van der Waals surface area contributed by atoms with E-state index in [0.29, 0.717) is 34.5 Å². The molecule has 0 N–H and O–H groups in total. The SMILES string of the molecule is O=C(Oc1ccc(C2CCCCC2)cc1)c1cccc(C(=O)Oc2ccc(C3CCCCC3)cc2)c1. The molecule has 0 radical (unpaired) electrons. The number of hydrogen-bond acceptors (Lipinski definition) is 4. The van der Waals surface area contributed by atoms with E-state index in [1.807, 2.05) is 24.3 Å². The third kappa shape index (κ3) is 6.04. The van der Waals surface area contributed by atoms with Crippen molar-refractivity contribution in [2.24, 2.45) is 0 Å². The van der Waals surface area contributed by atoms with Gasteiger partial charge in [-0.1, -0.05) is 68.9 Å². The minimum atomic E-state index is -0.494. The van der Waals surface area contributed by atoms with E-state index in [0.717, 1.165) is 0 Å². The number of benzene rings is 3. The lowest BCUT2D eigenvalue weighted by atomic mass is 9.84. The van der Waals surface area contributed by atoms with Crippen LogP contribution in [0.2, 0.25) is 0 Å². The fourth-order valence-corrected chi connectivity index (χ4v) is 5.59. The van der Waals surface area contributed by atoms with E-state index >= 15 is 0 Å². The Morgan fingerprint density at radius 2 is 0.917 bits per heavy atom. The quantitative estimate of drug-likeness (QED) is 0.262. The van der Waals surface area contributed by atoms with Crippen LogP contribution in [0.3, 0.4) is 0 Å². The Morgan fingerprint density at radius 1 is 0.528 bits per heavy atom. The zero-order valence-electron chi connectivity index (χ0n) is 20.8. The molecule has 186 valence electrons.